The van der Waals surface area contributed by atoms with Crippen molar-refractivity contribution in [2.75, 3.05) is 60.8 Å². The molecule has 8 heteroatoms. The molecule has 1 amide bonds. The molecule has 0 heterocycles. The molecular weight excluding hydrogens is 424 g/mol. The number of hydrogen-bond donors (Lipinski definition) is 3. The number of aliphatic hydroxyl groups is 1. The number of ether oxygens (including phenoxy) is 4. The fraction of sp³-hybridized carbons (Fsp3) is 0.960. The molecule has 0 saturated heterocycles. The fourth-order valence-corrected chi connectivity index (χ4v) is 3.47. The number of likely N-dealkylation sites (N-methyl/N-ethyl adjacent to an activating group) is 1. The van der Waals surface area contributed by atoms with E-state index in [1.165, 1.54) is 0 Å². The predicted molar refractivity (Wildman–Crippen MR) is 133 cm³/mol. The summed E-state index contributed by atoms with van der Waals surface area (Å²) in [6, 6.07) is -0.321. The number of methoxy groups -OCH3 is 2. The standard InChI is InChI=1S/C25H52N2O6/c1-8-25(4,33-16-10-9-15-27-23(29)22(26-5)20-31-7)14-18-32-24(2,3)13-11-21(19-28)12-17-30-6/h21-22,26,28H,8-20H2,1-7H3,(H,27,29)/t21-,22-,25?/m0/s1. The highest BCUT2D eigenvalue weighted by Crippen LogP contribution is 2.25. The van der Waals surface area contributed by atoms with E-state index in [0.717, 1.165) is 44.9 Å². The van der Waals surface area contributed by atoms with Crippen LogP contribution in [-0.4, -0.2) is 89.1 Å². The van der Waals surface area contributed by atoms with E-state index in [1.54, 1.807) is 21.3 Å². The van der Waals surface area contributed by atoms with Crippen molar-refractivity contribution in [3.05, 3.63) is 0 Å². The third-order valence-corrected chi connectivity index (χ3v) is 6.33. The van der Waals surface area contributed by atoms with Crippen molar-refractivity contribution in [3.63, 3.8) is 0 Å². The van der Waals surface area contributed by atoms with Crippen LogP contribution in [0, 0.1) is 5.92 Å². The maximum atomic E-state index is 12.0. The van der Waals surface area contributed by atoms with E-state index in [-0.39, 0.29) is 35.7 Å². The molecule has 3 atom stereocenters. The highest BCUT2D eigenvalue weighted by atomic mass is 16.5. The largest absolute Gasteiger partial charge is 0.396 e. The second-order valence-electron chi connectivity index (χ2n) is 9.67. The van der Waals surface area contributed by atoms with Crippen molar-refractivity contribution in [1.29, 1.82) is 0 Å². The third kappa shape index (κ3) is 15.7. The average Bonchev–Trinajstić information content (AvgIpc) is 2.79. The zero-order chi connectivity index (χ0) is 25.2. The summed E-state index contributed by atoms with van der Waals surface area (Å²) in [7, 11) is 5.03. The lowest BCUT2D eigenvalue weighted by molar-refractivity contribution is -0.124. The Hall–Kier alpha value is -0.770. The Morgan fingerprint density at radius 3 is 2.27 bits per heavy atom. The molecule has 0 rings (SSSR count). The molecule has 0 aromatic carbocycles. The quantitative estimate of drug-likeness (QED) is 0.207. The van der Waals surface area contributed by atoms with Crippen molar-refractivity contribution in [1.82, 2.24) is 10.6 Å². The van der Waals surface area contributed by atoms with Gasteiger partial charge in [-0.1, -0.05) is 6.92 Å². The lowest BCUT2D eigenvalue weighted by Crippen LogP contribution is -2.45. The van der Waals surface area contributed by atoms with Crippen LogP contribution in [0.4, 0.5) is 0 Å². The lowest BCUT2D eigenvalue weighted by atomic mass is 9.93. The van der Waals surface area contributed by atoms with Crippen LogP contribution in [0.5, 0.6) is 0 Å². The molecule has 0 fully saturated rings. The summed E-state index contributed by atoms with van der Waals surface area (Å²) < 4.78 is 22.6. The van der Waals surface area contributed by atoms with E-state index in [2.05, 4.69) is 38.3 Å². The maximum Gasteiger partial charge on any atom is 0.239 e. The van der Waals surface area contributed by atoms with Crippen LogP contribution in [0.2, 0.25) is 0 Å². The van der Waals surface area contributed by atoms with E-state index in [4.69, 9.17) is 18.9 Å². The molecule has 198 valence electrons. The van der Waals surface area contributed by atoms with Gasteiger partial charge in [0.05, 0.1) is 24.4 Å². The lowest BCUT2D eigenvalue weighted by Gasteiger charge is -2.32. The van der Waals surface area contributed by atoms with Gasteiger partial charge in [0, 0.05) is 40.6 Å². The van der Waals surface area contributed by atoms with Gasteiger partial charge in [0.2, 0.25) is 5.91 Å². The maximum absolute atomic E-state index is 12.0. The Labute approximate surface area is 202 Å². The predicted octanol–water partition coefficient (Wildman–Crippen LogP) is 2.91. The molecule has 0 spiro atoms. The number of rotatable bonds is 22. The minimum absolute atomic E-state index is 0.0394. The zero-order valence-electron chi connectivity index (χ0n) is 22.3. The molecule has 0 aromatic heterocycles. The van der Waals surface area contributed by atoms with Gasteiger partial charge in [0.15, 0.2) is 0 Å². The number of nitrogens with one attached hydrogen (secondary N) is 2. The molecule has 3 N–H and O–H groups in total. The van der Waals surface area contributed by atoms with E-state index in [9.17, 15) is 9.90 Å². The normalized spacial score (nSPS) is 15.8. The van der Waals surface area contributed by atoms with Crippen LogP contribution in [0.15, 0.2) is 0 Å². The van der Waals surface area contributed by atoms with Gasteiger partial charge in [-0.2, -0.15) is 0 Å². The molecule has 1 unspecified atom stereocenters. The smallest absolute Gasteiger partial charge is 0.239 e. The number of carbonyl (C=O) groups excluding carboxylic acids is 1. The summed E-state index contributed by atoms with van der Waals surface area (Å²) >= 11 is 0. The third-order valence-electron chi connectivity index (χ3n) is 6.33. The zero-order valence-corrected chi connectivity index (χ0v) is 22.3. The summed E-state index contributed by atoms with van der Waals surface area (Å²) in [5.41, 5.74) is -0.456. The first-order chi connectivity index (χ1) is 15.7. The van der Waals surface area contributed by atoms with Crippen molar-refractivity contribution in [3.8, 4) is 0 Å². The minimum atomic E-state index is -0.321. The first kappa shape index (κ1) is 32.2. The second-order valence-corrected chi connectivity index (χ2v) is 9.67. The number of carbonyl (C=O) groups is 1. The molecule has 8 nitrogen and oxygen atoms in total. The van der Waals surface area contributed by atoms with Crippen LogP contribution in [0.1, 0.15) is 72.6 Å². The van der Waals surface area contributed by atoms with Crippen LogP contribution in [0.25, 0.3) is 0 Å². The number of unbranched alkanes of at least 4 members (excludes halogenated alkanes) is 1. The van der Waals surface area contributed by atoms with Crippen molar-refractivity contribution in [2.45, 2.75) is 89.9 Å². The van der Waals surface area contributed by atoms with Crippen LogP contribution in [0.3, 0.4) is 0 Å². The van der Waals surface area contributed by atoms with Crippen LogP contribution in [-0.2, 0) is 23.7 Å². The Bertz CT molecular complexity index is 492. The molecular formula is C25H52N2O6. The summed E-state index contributed by atoms with van der Waals surface area (Å²) in [4.78, 5) is 12.0. The van der Waals surface area contributed by atoms with Crippen molar-refractivity contribution in [2.24, 2.45) is 5.92 Å². The number of hydrogen-bond acceptors (Lipinski definition) is 7. The molecule has 0 aliphatic heterocycles. The van der Waals surface area contributed by atoms with E-state index < -0.39 is 0 Å². The molecule has 0 aliphatic rings. The van der Waals surface area contributed by atoms with Crippen molar-refractivity contribution < 1.29 is 28.8 Å². The highest BCUT2D eigenvalue weighted by molar-refractivity contribution is 5.81. The fourth-order valence-electron chi connectivity index (χ4n) is 3.47. The van der Waals surface area contributed by atoms with E-state index >= 15 is 0 Å². The van der Waals surface area contributed by atoms with Gasteiger partial charge in [-0.3, -0.25) is 4.79 Å². The van der Waals surface area contributed by atoms with Gasteiger partial charge < -0.3 is 34.7 Å². The number of amides is 1. The molecule has 0 radical (unpaired) electrons. The Kier molecular flexibility index (Phi) is 18.1. The SMILES string of the molecule is CCC(C)(CCOC(C)(C)CC[C@H](CO)CCOC)OCCCCNC(=O)[C@H](COC)NC. The van der Waals surface area contributed by atoms with Gasteiger partial charge >= 0.3 is 0 Å². The van der Waals surface area contributed by atoms with E-state index in [0.29, 0.717) is 33.0 Å². The summed E-state index contributed by atoms with van der Waals surface area (Å²) in [6.45, 7) is 11.7. The van der Waals surface area contributed by atoms with Gasteiger partial charge in [0.25, 0.3) is 0 Å². The van der Waals surface area contributed by atoms with Crippen LogP contribution < -0.4 is 10.6 Å². The molecule has 0 bridgehead atoms. The minimum Gasteiger partial charge on any atom is -0.396 e. The van der Waals surface area contributed by atoms with Crippen LogP contribution >= 0.6 is 0 Å². The van der Waals surface area contributed by atoms with Crippen molar-refractivity contribution >= 4 is 5.91 Å². The summed E-state index contributed by atoms with van der Waals surface area (Å²) in [6.07, 6.45) is 6.20. The Balaban J connectivity index is 4.16. The highest BCUT2D eigenvalue weighted by Gasteiger charge is 2.26. The molecule has 0 aromatic rings. The molecule has 0 saturated carbocycles. The summed E-state index contributed by atoms with van der Waals surface area (Å²) in [5, 5.41) is 15.4. The topological polar surface area (TPSA) is 98.3 Å². The van der Waals surface area contributed by atoms with E-state index in [1.807, 2.05) is 0 Å². The summed E-state index contributed by atoms with van der Waals surface area (Å²) in [5.74, 6) is 0.216. The molecule has 0 aliphatic carbocycles. The monoisotopic (exact) mass is 476 g/mol. The first-order valence-electron chi connectivity index (χ1n) is 12.5. The average molecular weight is 477 g/mol. The van der Waals surface area contributed by atoms with Gasteiger partial charge in [0.1, 0.15) is 6.04 Å². The Morgan fingerprint density at radius 1 is 0.970 bits per heavy atom. The molecule has 33 heavy (non-hydrogen) atoms. The van der Waals surface area contributed by atoms with Gasteiger partial charge in [-0.05, 0) is 78.7 Å². The second kappa shape index (κ2) is 18.5. The van der Waals surface area contributed by atoms with Gasteiger partial charge in [-0.25, -0.2) is 0 Å². The first-order valence-corrected chi connectivity index (χ1v) is 12.5. The number of aliphatic hydroxyl groups excluding tert-OH is 1. The Morgan fingerprint density at radius 2 is 1.70 bits per heavy atom. The van der Waals surface area contributed by atoms with Gasteiger partial charge in [-0.15, -0.1) is 0 Å².